The van der Waals surface area contributed by atoms with E-state index >= 15 is 0 Å². The number of hydrogen-bond donors (Lipinski definition) is 2. The van der Waals surface area contributed by atoms with Crippen molar-refractivity contribution in [1.82, 2.24) is 5.32 Å². The molecule has 0 bridgehead atoms. The molecule has 3 N–H and O–H groups in total. The Morgan fingerprint density at radius 3 is 1.67 bits per heavy atom. The second-order valence-corrected chi connectivity index (χ2v) is 7.19. The molecule has 3 nitrogen and oxygen atoms in total. The van der Waals surface area contributed by atoms with Crippen LogP contribution in [-0.4, -0.2) is 19.0 Å². The molecular formula is C21H44N2O. The van der Waals surface area contributed by atoms with Gasteiger partial charge in [0.25, 0.3) is 0 Å². The minimum atomic E-state index is 0.251. The van der Waals surface area contributed by atoms with E-state index in [1.807, 2.05) is 0 Å². The van der Waals surface area contributed by atoms with Crippen molar-refractivity contribution in [3.63, 3.8) is 0 Å². The minimum Gasteiger partial charge on any atom is -0.356 e. The number of carbonyl (C=O) groups excluding carboxylic acids is 1. The fourth-order valence-corrected chi connectivity index (χ4v) is 3.07. The molecule has 0 spiro atoms. The Labute approximate surface area is 151 Å². The van der Waals surface area contributed by atoms with Gasteiger partial charge in [0, 0.05) is 13.0 Å². The number of unbranched alkanes of at least 4 members (excludes halogenated alkanes) is 14. The van der Waals surface area contributed by atoms with Gasteiger partial charge in [0.15, 0.2) is 0 Å². The predicted molar refractivity (Wildman–Crippen MR) is 106 cm³/mol. The summed E-state index contributed by atoms with van der Waals surface area (Å²) in [4.78, 5) is 11.7. The van der Waals surface area contributed by atoms with Gasteiger partial charge >= 0.3 is 0 Å². The average molecular weight is 341 g/mol. The van der Waals surface area contributed by atoms with Crippen LogP contribution in [0.4, 0.5) is 0 Å². The number of carbonyl (C=O) groups is 1. The molecular weight excluding hydrogens is 296 g/mol. The highest BCUT2D eigenvalue weighted by Gasteiger charge is 2.00. The van der Waals surface area contributed by atoms with Crippen molar-refractivity contribution in [3.05, 3.63) is 0 Å². The van der Waals surface area contributed by atoms with Gasteiger partial charge in [-0.3, -0.25) is 4.79 Å². The van der Waals surface area contributed by atoms with Gasteiger partial charge < -0.3 is 11.1 Å². The molecule has 0 aliphatic carbocycles. The van der Waals surface area contributed by atoms with E-state index in [0.717, 1.165) is 38.8 Å². The Hall–Kier alpha value is -0.570. The van der Waals surface area contributed by atoms with Crippen molar-refractivity contribution in [2.45, 2.75) is 116 Å². The van der Waals surface area contributed by atoms with Crippen molar-refractivity contribution >= 4 is 5.91 Å². The lowest BCUT2D eigenvalue weighted by molar-refractivity contribution is -0.121. The quantitative estimate of drug-likeness (QED) is 0.296. The van der Waals surface area contributed by atoms with Crippen LogP contribution in [0.3, 0.4) is 0 Å². The lowest BCUT2D eigenvalue weighted by atomic mass is 10.1. The van der Waals surface area contributed by atoms with Gasteiger partial charge in [0.2, 0.25) is 5.91 Å². The van der Waals surface area contributed by atoms with Crippen molar-refractivity contribution < 1.29 is 4.79 Å². The molecule has 0 atom stereocenters. The summed E-state index contributed by atoms with van der Waals surface area (Å²) >= 11 is 0. The van der Waals surface area contributed by atoms with E-state index in [4.69, 9.17) is 5.73 Å². The average Bonchev–Trinajstić information content (AvgIpc) is 2.59. The SMILES string of the molecule is CCCCCCCCCCCC(=O)NCCCCCCCCCN. The van der Waals surface area contributed by atoms with Gasteiger partial charge in [-0.2, -0.15) is 0 Å². The Bertz CT molecular complexity index is 232. The molecule has 24 heavy (non-hydrogen) atoms. The molecule has 0 aromatic carbocycles. The van der Waals surface area contributed by atoms with Crippen LogP contribution in [0.5, 0.6) is 0 Å². The molecule has 144 valence electrons. The van der Waals surface area contributed by atoms with Crippen LogP contribution in [0.25, 0.3) is 0 Å². The molecule has 0 saturated carbocycles. The summed E-state index contributed by atoms with van der Waals surface area (Å²) in [5.74, 6) is 0.251. The normalized spacial score (nSPS) is 10.9. The van der Waals surface area contributed by atoms with E-state index < -0.39 is 0 Å². The van der Waals surface area contributed by atoms with E-state index in [2.05, 4.69) is 12.2 Å². The Balaban J connectivity index is 3.13. The summed E-state index contributed by atoms with van der Waals surface area (Å²) < 4.78 is 0. The van der Waals surface area contributed by atoms with Gasteiger partial charge in [-0.25, -0.2) is 0 Å². The number of rotatable bonds is 19. The zero-order chi connectivity index (χ0) is 17.7. The monoisotopic (exact) mass is 340 g/mol. The summed E-state index contributed by atoms with van der Waals surface area (Å²) in [5.41, 5.74) is 5.48. The van der Waals surface area contributed by atoms with Gasteiger partial charge in [0.1, 0.15) is 0 Å². The minimum absolute atomic E-state index is 0.251. The van der Waals surface area contributed by atoms with Crippen LogP contribution < -0.4 is 11.1 Å². The summed E-state index contributed by atoms with van der Waals surface area (Å²) in [6.07, 6.45) is 21.2. The maximum Gasteiger partial charge on any atom is 0.219 e. The zero-order valence-corrected chi connectivity index (χ0v) is 16.4. The molecule has 0 unspecified atom stereocenters. The molecule has 0 radical (unpaired) electrons. The van der Waals surface area contributed by atoms with Crippen molar-refractivity contribution in [1.29, 1.82) is 0 Å². The van der Waals surface area contributed by atoms with Gasteiger partial charge in [-0.15, -0.1) is 0 Å². The molecule has 1 amide bonds. The van der Waals surface area contributed by atoms with E-state index in [9.17, 15) is 4.79 Å². The van der Waals surface area contributed by atoms with Gasteiger partial charge in [-0.05, 0) is 25.8 Å². The fourth-order valence-electron chi connectivity index (χ4n) is 3.07. The Morgan fingerprint density at radius 1 is 0.667 bits per heavy atom. The predicted octanol–water partition coefficient (Wildman–Crippen LogP) is 5.71. The molecule has 0 aliphatic rings. The molecule has 0 aliphatic heterocycles. The standard InChI is InChI=1S/C21H44N2O/c1-2-3-4-5-6-7-9-12-15-18-21(24)23-20-17-14-11-8-10-13-16-19-22/h2-20,22H2,1H3,(H,23,24). The van der Waals surface area contributed by atoms with Crippen molar-refractivity contribution in [2.75, 3.05) is 13.1 Å². The number of nitrogens with two attached hydrogens (primary N) is 1. The van der Waals surface area contributed by atoms with Crippen LogP contribution in [0, 0.1) is 0 Å². The lowest BCUT2D eigenvalue weighted by Crippen LogP contribution is -2.23. The topological polar surface area (TPSA) is 55.1 Å². The highest BCUT2D eigenvalue weighted by atomic mass is 16.1. The van der Waals surface area contributed by atoms with Gasteiger partial charge in [-0.1, -0.05) is 90.4 Å². The maximum atomic E-state index is 11.7. The van der Waals surface area contributed by atoms with Crippen LogP contribution in [0.15, 0.2) is 0 Å². The molecule has 3 heteroatoms. The fraction of sp³-hybridized carbons (Fsp3) is 0.952. The summed E-state index contributed by atoms with van der Waals surface area (Å²) in [5, 5.41) is 3.06. The largest absolute Gasteiger partial charge is 0.356 e. The molecule has 0 aromatic heterocycles. The molecule has 0 aromatic rings. The third-order valence-electron chi connectivity index (χ3n) is 4.71. The van der Waals surface area contributed by atoms with Crippen LogP contribution in [-0.2, 0) is 4.79 Å². The number of hydrogen-bond acceptors (Lipinski definition) is 2. The molecule has 0 heterocycles. The zero-order valence-electron chi connectivity index (χ0n) is 16.4. The van der Waals surface area contributed by atoms with Crippen molar-refractivity contribution in [2.24, 2.45) is 5.73 Å². The Morgan fingerprint density at radius 2 is 1.12 bits per heavy atom. The lowest BCUT2D eigenvalue weighted by Gasteiger charge is -2.06. The third kappa shape index (κ3) is 19.5. The van der Waals surface area contributed by atoms with Crippen LogP contribution in [0.1, 0.15) is 116 Å². The van der Waals surface area contributed by atoms with Crippen LogP contribution in [0.2, 0.25) is 0 Å². The van der Waals surface area contributed by atoms with Crippen LogP contribution >= 0.6 is 0 Å². The summed E-state index contributed by atoms with van der Waals surface area (Å²) in [6.45, 7) is 3.94. The second-order valence-electron chi connectivity index (χ2n) is 7.19. The highest BCUT2D eigenvalue weighted by Crippen LogP contribution is 2.10. The molecule has 0 saturated heterocycles. The molecule has 0 rings (SSSR count). The van der Waals surface area contributed by atoms with E-state index in [-0.39, 0.29) is 5.91 Å². The Kier molecular flexibility index (Phi) is 20.0. The first-order valence-corrected chi connectivity index (χ1v) is 10.8. The van der Waals surface area contributed by atoms with Crippen molar-refractivity contribution in [3.8, 4) is 0 Å². The van der Waals surface area contributed by atoms with E-state index in [1.54, 1.807) is 0 Å². The van der Waals surface area contributed by atoms with Gasteiger partial charge in [0.05, 0.1) is 0 Å². The number of amides is 1. The van der Waals surface area contributed by atoms with E-state index in [1.165, 1.54) is 83.5 Å². The van der Waals surface area contributed by atoms with E-state index in [0.29, 0.717) is 0 Å². The first-order valence-electron chi connectivity index (χ1n) is 10.8. The smallest absolute Gasteiger partial charge is 0.219 e. The summed E-state index contributed by atoms with van der Waals surface area (Å²) in [6, 6.07) is 0. The first kappa shape index (κ1) is 23.4. The second kappa shape index (κ2) is 20.5. The third-order valence-corrected chi connectivity index (χ3v) is 4.71. The molecule has 0 fully saturated rings. The first-order chi connectivity index (χ1) is 11.8. The number of nitrogens with one attached hydrogen (secondary N) is 1. The maximum absolute atomic E-state index is 11.7. The summed E-state index contributed by atoms with van der Waals surface area (Å²) in [7, 11) is 0. The highest BCUT2D eigenvalue weighted by molar-refractivity contribution is 5.75.